The molecule has 3 rings (SSSR count). The van der Waals surface area contributed by atoms with Gasteiger partial charge in [-0.1, -0.05) is 24.3 Å². The van der Waals surface area contributed by atoms with Crippen molar-refractivity contribution in [2.45, 2.75) is 38.5 Å². The zero-order valence-corrected chi connectivity index (χ0v) is 16.4. The summed E-state index contributed by atoms with van der Waals surface area (Å²) in [6.07, 6.45) is 3.74. The lowest BCUT2D eigenvalue weighted by Gasteiger charge is -2.28. The third-order valence-corrected chi connectivity index (χ3v) is 5.37. The molecule has 1 aromatic carbocycles. The monoisotopic (exact) mass is 390 g/mol. The zero-order chi connectivity index (χ0) is 19.1. The van der Waals surface area contributed by atoms with E-state index >= 15 is 0 Å². The maximum Gasteiger partial charge on any atom is 0.242 e. The van der Waals surface area contributed by atoms with Crippen molar-refractivity contribution in [3.63, 3.8) is 0 Å². The molecule has 146 valence electrons. The lowest BCUT2D eigenvalue weighted by molar-refractivity contribution is -0.123. The van der Waals surface area contributed by atoms with Crippen molar-refractivity contribution in [1.82, 2.24) is 30.4 Å². The topological polar surface area (TPSA) is 96.2 Å². The molecule has 2 N–H and O–H groups in total. The maximum atomic E-state index is 12.3. The summed E-state index contributed by atoms with van der Waals surface area (Å²) in [4.78, 5) is 14.6. The Kier molecular flexibility index (Phi) is 7.19. The van der Waals surface area contributed by atoms with Crippen LogP contribution in [0.1, 0.15) is 23.4 Å². The number of amides is 1. The number of rotatable bonds is 9. The number of nitrogens with zero attached hydrogens (tertiary/aromatic N) is 5. The van der Waals surface area contributed by atoms with E-state index in [1.54, 1.807) is 16.4 Å². The van der Waals surface area contributed by atoms with Gasteiger partial charge in [-0.15, -0.1) is 5.10 Å². The standard InChI is InChI=1S/C18H26N6O2S/c1-27-9-7-16(13-25)19-18(26)12-24-17(20-21-22-24)11-23-8-6-14-4-2-3-5-15(14)10-23/h2-5,16,25H,6-13H2,1H3,(H,19,26)/t16-/m0/s1. The molecule has 2 heterocycles. The van der Waals surface area contributed by atoms with Crippen molar-refractivity contribution < 1.29 is 9.90 Å². The molecule has 27 heavy (non-hydrogen) atoms. The van der Waals surface area contributed by atoms with Crippen molar-refractivity contribution in [2.75, 3.05) is 25.2 Å². The van der Waals surface area contributed by atoms with Crippen LogP contribution in [-0.4, -0.2) is 67.3 Å². The van der Waals surface area contributed by atoms with E-state index in [9.17, 15) is 9.90 Å². The number of carbonyl (C=O) groups excluding carboxylic acids is 1. The molecule has 0 unspecified atom stereocenters. The molecule has 0 spiro atoms. The van der Waals surface area contributed by atoms with Crippen LogP contribution in [0.15, 0.2) is 24.3 Å². The first-order valence-electron chi connectivity index (χ1n) is 9.13. The van der Waals surface area contributed by atoms with Crippen molar-refractivity contribution >= 4 is 17.7 Å². The van der Waals surface area contributed by atoms with Crippen LogP contribution in [0, 0.1) is 0 Å². The van der Waals surface area contributed by atoms with E-state index in [2.05, 4.69) is 50.0 Å². The third-order valence-electron chi connectivity index (χ3n) is 4.73. The highest BCUT2D eigenvalue weighted by molar-refractivity contribution is 7.98. The fourth-order valence-corrected chi connectivity index (χ4v) is 3.75. The molecule has 1 atom stereocenters. The number of carbonyl (C=O) groups is 1. The first kappa shape index (κ1) is 19.8. The van der Waals surface area contributed by atoms with E-state index in [0.717, 1.165) is 31.7 Å². The first-order chi connectivity index (χ1) is 13.2. The number of fused-ring (bicyclic) bond motifs is 1. The summed E-state index contributed by atoms with van der Waals surface area (Å²) in [6, 6.07) is 8.23. The van der Waals surface area contributed by atoms with Gasteiger partial charge in [0.05, 0.1) is 19.2 Å². The Hall–Kier alpha value is -1.97. The number of hydrogen-bond donors (Lipinski definition) is 2. The van der Waals surface area contributed by atoms with Gasteiger partial charge in [0, 0.05) is 13.1 Å². The number of aliphatic hydroxyl groups is 1. The van der Waals surface area contributed by atoms with E-state index < -0.39 is 0 Å². The number of nitrogens with one attached hydrogen (secondary N) is 1. The average Bonchev–Trinajstić information content (AvgIpc) is 3.11. The predicted octanol–water partition coefficient (Wildman–Crippen LogP) is 0.462. The number of tetrazole rings is 1. The summed E-state index contributed by atoms with van der Waals surface area (Å²) in [5.74, 6) is 1.37. The Bertz CT molecular complexity index is 753. The van der Waals surface area contributed by atoms with Crippen molar-refractivity contribution in [3.05, 3.63) is 41.2 Å². The molecular weight excluding hydrogens is 364 g/mol. The van der Waals surface area contributed by atoms with Gasteiger partial charge in [0.15, 0.2) is 5.82 Å². The Balaban J connectivity index is 1.56. The molecule has 0 bridgehead atoms. The van der Waals surface area contributed by atoms with Gasteiger partial charge in [0.25, 0.3) is 0 Å². The highest BCUT2D eigenvalue weighted by Crippen LogP contribution is 2.19. The molecule has 0 radical (unpaired) electrons. The quantitative estimate of drug-likeness (QED) is 0.642. The number of benzene rings is 1. The summed E-state index contributed by atoms with van der Waals surface area (Å²) in [7, 11) is 0. The molecule has 0 saturated heterocycles. The van der Waals surface area contributed by atoms with Gasteiger partial charge in [0.1, 0.15) is 6.54 Å². The summed E-state index contributed by atoms with van der Waals surface area (Å²) in [5.41, 5.74) is 2.73. The Morgan fingerprint density at radius 2 is 2.19 bits per heavy atom. The van der Waals surface area contributed by atoms with Crippen LogP contribution in [0.25, 0.3) is 0 Å². The molecule has 1 amide bonds. The van der Waals surface area contributed by atoms with Crippen LogP contribution in [0.4, 0.5) is 0 Å². The van der Waals surface area contributed by atoms with E-state index in [1.165, 1.54) is 11.1 Å². The predicted molar refractivity (Wildman–Crippen MR) is 104 cm³/mol. The maximum absolute atomic E-state index is 12.3. The summed E-state index contributed by atoms with van der Waals surface area (Å²) < 4.78 is 1.54. The number of aliphatic hydroxyl groups excluding tert-OH is 1. The molecule has 0 saturated carbocycles. The van der Waals surface area contributed by atoms with Gasteiger partial charge >= 0.3 is 0 Å². The second kappa shape index (κ2) is 9.82. The van der Waals surface area contributed by atoms with E-state index in [4.69, 9.17) is 0 Å². The van der Waals surface area contributed by atoms with Crippen molar-refractivity contribution in [2.24, 2.45) is 0 Å². The zero-order valence-electron chi connectivity index (χ0n) is 15.5. The largest absolute Gasteiger partial charge is 0.394 e. The number of hydrogen-bond acceptors (Lipinski definition) is 7. The summed E-state index contributed by atoms with van der Waals surface area (Å²) in [5, 5.41) is 24.0. The van der Waals surface area contributed by atoms with Crippen LogP contribution in [0.2, 0.25) is 0 Å². The summed E-state index contributed by atoms with van der Waals surface area (Å²) >= 11 is 1.69. The van der Waals surface area contributed by atoms with Gasteiger partial charge in [-0.2, -0.15) is 11.8 Å². The summed E-state index contributed by atoms with van der Waals surface area (Å²) in [6.45, 7) is 2.39. The smallest absolute Gasteiger partial charge is 0.242 e. The lowest BCUT2D eigenvalue weighted by Crippen LogP contribution is -2.40. The average molecular weight is 391 g/mol. The van der Waals surface area contributed by atoms with Crippen LogP contribution in [-0.2, 0) is 30.8 Å². The molecule has 2 aromatic rings. The minimum absolute atomic E-state index is 0.0581. The van der Waals surface area contributed by atoms with Gasteiger partial charge in [-0.05, 0) is 46.4 Å². The van der Waals surface area contributed by atoms with Crippen LogP contribution < -0.4 is 5.32 Å². The second-order valence-corrected chi connectivity index (χ2v) is 7.70. The molecular formula is C18H26N6O2S. The van der Waals surface area contributed by atoms with Crippen LogP contribution in [0.3, 0.4) is 0 Å². The van der Waals surface area contributed by atoms with Crippen molar-refractivity contribution in [3.8, 4) is 0 Å². The van der Waals surface area contributed by atoms with Crippen LogP contribution >= 0.6 is 11.8 Å². The Labute approximate surface area is 163 Å². The molecule has 0 fully saturated rings. The highest BCUT2D eigenvalue weighted by atomic mass is 32.2. The molecule has 9 heteroatoms. The normalized spacial score (nSPS) is 15.3. The minimum Gasteiger partial charge on any atom is -0.394 e. The van der Waals surface area contributed by atoms with Gasteiger partial charge in [0.2, 0.25) is 5.91 Å². The number of aromatic nitrogens is 4. The third kappa shape index (κ3) is 5.50. The number of thioether (sulfide) groups is 1. The highest BCUT2D eigenvalue weighted by Gasteiger charge is 2.20. The van der Waals surface area contributed by atoms with Gasteiger partial charge in [-0.25, -0.2) is 4.68 Å². The lowest BCUT2D eigenvalue weighted by atomic mass is 10.00. The molecule has 1 aromatic heterocycles. The van der Waals surface area contributed by atoms with E-state index in [-0.39, 0.29) is 25.1 Å². The van der Waals surface area contributed by atoms with Crippen LogP contribution in [0.5, 0.6) is 0 Å². The fourth-order valence-electron chi connectivity index (χ4n) is 3.23. The SMILES string of the molecule is CSCC[C@@H](CO)NC(=O)Cn1nnnc1CN1CCc2ccccc2C1. The molecule has 1 aliphatic heterocycles. The van der Waals surface area contributed by atoms with Gasteiger partial charge in [-0.3, -0.25) is 9.69 Å². The molecule has 8 nitrogen and oxygen atoms in total. The Morgan fingerprint density at radius 1 is 1.37 bits per heavy atom. The molecule has 0 aliphatic carbocycles. The van der Waals surface area contributed by atoms with E-state index in [0.29, 0.717) is 12.4 Å². The first-order valence-corrected chi connectivity index (χ1v) is 10.5. The minimum atomic E-state index is -0.233. The van der Waals surface area contributed by atoms with Gasteiger partial charge < -0.3 is 10.4 Å². The van der Waals surface area contributed by atoms with E-state index in [1.807, 2.05) is 6.26 Å². The van der Waals surface area contributed by atoms with Crippen molar-refractivity contribution in [1.29, 1.82) is 0 Å². The second-order valence-electron chi connectivity index (χ2n) is 6.71. The molecule has 1 aliphatic rings. The fraction of sp³-hybridized carbons (Fsp3) is 0.556. The Morgan fingerprint density at radius 3 is 2.96 bits per heavy atom.